The molecule has 2 aromatic heterocycles. The summed E-state index contributed by atoms with van der Waals surface area (Å²) in [6.45, 7) is -0.242. The van der Waals surface area contributed by atoms with Crippen LogP contribution in [-0.4, -0.2) is 15.7 Å². The van der Waals surface area contributed by atoms with Crippen molar-refractivity contribution in [3.63, 3.8) is 0 Å². The zero-order valence-corrected chi connectivity index (χ0v) is 13.3. The first-order valence-electron chi connectivity index (χ1n) is 6.29. The van der Waals surface area contributed by atoms with Gasteiger partial charge in [0.2, 0.25) is 5.91 Å². The van der Waals surface area contributed by atoms with Crippen molar-refractivity contribution in [3.05, 3.63) is 56.8 Å². The quantitative estimate of drug-likeness (QED) is 0.666. The van der Waals surface area contributed by atoms with Crippen molar-refractivity contribution in [2.45, 2.75) is 6.54 Å². The van der Waals surface area contributed by atoms with Crippen molar-refractivity contribution in [1.82, 2.24) is 9.78 Å². The second-order valence-electron chi connectivity index (χ2n) is 4.37. The molecule has 7 nitrogen and oxygen atoms in total. The van der Waals surface area contributed by atoms with E-state index < -0.39 is 5.76 Å². The van der Waals surface area contributed by atoms with Gasteiger partial charge in [0, 0.05) is 9.26 Å². The lowest BCUT2D eigenvalue weighted by Crippen LogP contribution is -2.25. The third kappa shape index (κ3) is 3.27. The molecule has 3 rings (SSSR count). The van der Waals surface area contributed by atoms with Gasteiger partial charge in [0.05, 0.1) is 6.26 Å². The standard InChI is InChI=1S/C14H10IN3O4/c15-9-3-1-4-10(7-9)16-12(19)8-18-14(20)22-13(17-18)11-5-2-6-21-11/h1-7H,8H2,(H,16,19). The van der Waals surface area contributed by atoms with Crippen molar-refractivity contribution < 1.29 is 13.6 Å². The highest BCUT2D eigenvalue weighted by atomic mass is 127. The minimum absolute atomic E-state index is 0.0389. The molecular weight excluding hydrogens is 401 g/mol. The lowest BCUT2D eigenvalue weighted by atomic mass is 10.3. The Kier molecular flexibility index (Phi) is 4.09. The Hall–Kier alpha value is -2.36. The second-order valence-corrected chi connectivity index (χ2v) is 5.61. The minimum Gasteiger partial charge on any atom is -0.459 e. The number of rotatable bonds is 4. The number of aromatic nitrogens is 2. The molecule has 0 unspecified atom stereocenters. The molecule has 8 heteroatoms. The van der Waals surface area contributed by atoms with E-state index >= 15 is 0 Å². The number of anilines is 1. The maximum Gasteiger partial charge on any atom is 0.437 e. The molecule has 2 heterocycles. The molecule has 0 saturated carbocycles. The number of nitrogens with one attached hydrogen (secondary N) is 1. The van der Waals surface area contributed by atoms with Gasteiger partial charge in [-0.3, -0.25) is 4.79 Å². The molecule has 0 bridgehead atoms. The zero-order chi connectivity index (χ0) is 15.5. The number of benzene rings is 1. The normalized spacial score (nSPS) is 10.6. The first-order valence-corrected chi connectivity index (χ1v) is 7.37. The molecule has 0 radical (unpaired) electrons. The summed E-state index contributed by atoms with van der Waals surface area (Å²) in [6.07, 6.45) is 1.44. The number of halogens is 1. The molecule has 0 aliphatic heterocycles. The summed E-state index contributed by atoms with van der Waals surface area (Å²) < 4.78 is 12.0. The van der Waals surface area contributed by atoms with Gasteiger partial charge in [0.15, 0.2) is 5.76 Å². The van der Waals surface area contributed by atoms with Crippen LogP contribution >= 0.6 is 22.6 Å². The van der Waals surface area contributed by atoms with Crippen LogP contribution in [0.2, 0.25) is 0 Å². The Morgan fingerprint density at radius 1 is 1.32 bits per heavy atom. The maximum atomic E-state index is 12.0. The summed E-state index contributed by atoms with van der Waals surface area (Å²) >= 11 is 2.15. The van der Waals surface area contributed by atoms with Crippen LogP contribution in [0.25, 0.3) is 11.7 Å². The molecule has 3 aromatic rings. The predicted octanol–water partition coefficient (Wildman–Crippen LogP) is 2.34. The predicted molar refractivity (Wildman–Crippen MR) is 86.3 cm³/mol. The Bertz CT molecular complexity index is 851. The fourth-order valence-electron chi connectivity index (χ4n) is 1.81. The molecule has 0 fully saturated rings. The Morgan fingerprint density at radius 2 is 2.18 bits per heavy atom. The van der Waals surface area contributed by atoms with Crippen LogP contribution in [0.4, 0.5) is 5.69 Å². The van der Waals surface area contributed by atoms with Crippen molar-refractivity contribution in [2.24, 2.45) is 0 Å². The van der Waals surface area contributed by atoms with Crippen LogP contribution in [-0.2, 0) is 11.3 Å². The van der Waals surface area contributed by atoms with E-state index in [0.717, 1.165) is 8.25 Å². The lowest BCUT2D eigenvalue weighted by Gasteiger charge is -2.04. The van der Waals surface area contributed by atoms with E-state index in [1.807, 2.05) is 18.2 Å². The van der Waals surface area contributed by atoms with Crippen LogP contribution in [0.15, 0.2) is 56.3 Å². The Labute approximate surface area is 138 Å². The van der Waals surface area contributed by atoms with Gasteiger partial charge < -0.3 is 14.2 Å². The summed E-state index contributed by atoms with van der Waals surface area (Å²) in [4.78, 5) is 23.7. The molecular formula is C14H10IN3O4. The van der Waals surface area contributed by atoms with Crippen LogP contribution in [0.1, 0.15) is 0 Å². The minimum atomic E-state index is -0.718. The highest BCUT2D eigenvalue weighted by molar-refractivity contribution is 14.1. The number of carbonyl (C=O) groups excluding carboxylic acids is 1. The first kappa shape index (κ1) is 14.6. The van der Waals surface area contributed by atoms with Crippen LogP contribution < -0.4 is 11.1 Å². The highest BCUT2D eigenvalue weighted by Crippen LogP contribution is 2.15. The number of furan rings is 1. The van der Waals surface area contributed by atoms with E-state index in [4.69, 9.17) is 8.83 Å². The summed E-state index contributed by atoms with van der Waals surface area (Å²) in [6, 6.07) is 10.6. The van der Waals surface area contributed by atoms with E-state index in [1.165, 1.54) is 6.26 Å². The second kappa shape index (κ2) is 6.18. The summed E-state index contributed by atoms with van der Waals surface area (Å²) in [5, 5.41) is 6.63. The molecule has 0 aliphatic rings. The largest absolute Gasteiger partial charge is 0.459 e. The smallest absolute Gasteiger partial charge is 0.437 e. The number of hydrogen-bond donors (Lipinski definition) is 1. The van der Waals surface area contributed by atoms with E-state index in [1.54, 1.807) is 18.2 Å². The topological polar surface area (TPSA) is 90.3 Å². The van der Waals surface area contributed by atoms with Gasteiger partial charge in [0.1, 0.15) is 6.54 Å². The van der Waals surface area contributed by atoms with Gasteiger partial charge in [-0.05, 0) is 52.9 Å². The van der Waals surface area contributed by atoms with E-state index in [9.17, 15) is 9.59 Å². The molecule has 112 valence electrons. The van der Waals surface area contributed by atoms with Gasteiger partial charge in [-0.1, -0.05) is 6.07 Å². The molecule has 1 N–H and O–H groups in total. The third-order valence-corrected chi connectivity index (χ3v) is 3.41. The van der Waals surface area contributed by atoms with Crippen molar-refractivity contribution in [2.75, 3.05) is 5.32 Å². The summed E-state index contributed by atoms with van der Waals surface area (Å²) in [7, 11) is 0. The van der Waals surface area contributed by atoms with Crippen LogP contribution in [0, 0.1) is 3.57 Å². The van der Waals surface area contributed by atoms with Gasteiger partial charge >= 0.3 is 5.76 Å². The fourth-order valence-corrected chi connectivity index (χ4v) is 2.35. The number of amides is 1. The Morgan fingerprint density at radius 3 is 2.91 bits per heavy atom. The van der Waals surface area contributed by atoms with Crippen molar-refractivity contribution >= 4 is 34.2 Å². The van der Waals surface area contributed by atoms with Crippen LogP contribution in [0.3, 0.4) is 0 Å². The molecule has 1 aromatic carbocycles. The van der Waals surface area contributed by atoms with Crippen molar-refractivity contribution in [1.29, 1.82) is 0 Å². The number of nitrogens with zero attached hydrogens (tertiary/aromatic N) is 2. The molecule has 0 spiro atoms. The van der Waals surface area contributed by atoms with E-state index in [2.05, 4.69) is 33.0 Å². The van der Waals surface area contributed by atoms with Gasteiger partial charge in [-0.25, -0.2) is 4.79 Å². The molecule has 22 heavy (non-hydrogen) atoms. The van der Waals surface area contributed by atoms with E-state index in [0.29, 0.717) is 11.4 Å². The maximum absolute atomic E-state index is 12.0. The average molecular weight is 411 g/mol. The third-order valence-electron chi connectivity index (χ3n) is 2.74. The number of hydrogen-bond acceptors (Lipinski definition) is 5. The first-order chi connectivity index (χ1) is 10.6. The molecule has 0 aliphatic carbocycles. The average Bonchev–Trinajstić information content (AvgIpc) is 3.09. The SMILES string of the molecule is O=C(Cn1nc(-c2ccco2)oc1=O)Nc1cccc(I)c1. The van der Waals surface area contributed by atoms with Crippen molar-refractivity contribution in [3.8, 4) is 11.7 Å². The Balaban J connectivity index is 1.73. The molecule has 0 saturated heterocycles. The highest BCUT2D eigenvalue weighted by Gasteiger charge is 2.14. The summed E-state index contributed by atoms with van der Waals surface area (Å²) in [5.41, 5.74) is 0.653. The molecule has 1 amide bonds. The molecule has 0 atom stereocenters. The summed E-state index contributed by atoms with van der Waals surface area (Å²) in [5.74, 6) is -0.724. The van der Waals surface area contributed by atoms with E-state index in [-0.39, 0.29) is 18.3 Å². The van der Waals surface area contributed by atoms with Gasteiger partial charge in [-0.15, -0.1) is 5.10 Å². The number of carbonyl (C=O) groups is 1. The van der Waals surface area contributed by atoms with Crippen LogP contribution in [0.5, 0.6) is 0 Å². The van der Waals surface area contributed by atoms with Gasteiger partial charge in [-0.2, -0.15) is 4.68 Å². The fraction of sp³-hybridized carbons (Fsp3) is 0.0714. The lowest BCUT2D eigenvalue weighted by molar-refractivity contribution is -0.117. The monoisotopic (exact) mass is 411 g/mol. The zero-order valence-electron chi connectivity index (χ0n) is 11.2. The van der Waals surface area contributed by atoms with Gasteiger partial charge in [0.25, 0.3) is 5.89 Å².